The maximum absolute atomic E-state index is 5.83. The van der Waals surface area contributed by atoms with Crippen molar-refractivity contribution < 1.29 is 0 Å². The second kappa shape index (κ2) is 1.43. The van der Waals surface area contributed by atoms with Gasteiger partial charge in [-0.05, 0) is 5.92 Å². The molecule has 0 spiro atoms. The van der Waals surface area contributed by atoms with Crippen LogP contribution in [-0.2, 0) is 0 Å². The van der Waals surface area contributed by atoms with Gasteiger partial charge in [0, 0.05) is 11.3 Å². The lowest BCUT2D eigenvalue weighted by atomic mass is 10.3. The predicted octanol–water partition coefficient (Wildman–Crippen LogP) is 2.02. The van der Waals surface area contributed by atoms with E-state index in [0.29, 0.717) is 17.2 Å². The number of halogens is 2. The molecule has 0 nitrogen and oxygen atoms in total. The fourth-order valence-electron chi connectivity index (χ4n) is 1.30. The number of hydrogen-bond acceptors (Lipinski definition) is 0. The van der Waals surface area contributed by atoms with Crippen molar-refractivity contribution in [3.8, 4) is 0 Å². The molecular weight excluding hydrogens is 143 g/mol. The van der Waals surface area contributed by atoms with Gasteiger partial charge in [0.1, 0.15) is 0 Å². The average Bonchev–Trinajstić information content (AvgIpc) is 2.13. The third-order valence-corrected chi connectivity index (χ3v) is 2.94. The fourth-order valence-corrected chi connectivity index (χ4v) is 2.28. The minimum Gasteiger partial charge on any atom is -0.122 e. The first kappa shape index (κ1) is 5.13. The van der Waals surface area contributed by atoms with Crippen molar-refractivity contribution in [3.63, 3.8) is 0 Å². The fraction of sp³-hybridized carbons (Fsp3) is 0.667. The third-order valence-electron chi connectivity index (χ3n) is 1.92. The molecular formula is C6H6Cl2. The Balaban J connectivity index is 2.18. The summed E-state index contributed by atoms with van der Waals surface area (Å²) in [5, 5.41) is 0.574. The van der Waals surface area contributed by atoms with Crippen molar-refractivity contribution in [3.05, 3.63) is 12.2 Å². The van der Waals surface area contributed by atoms with Crippen LogP contribution in [0.5, 0.6) is 0 Å². The lowest BCUT2D eigenvalue weighted by molar-refractivity contribution is 0.863. The van der Waals surface area contributed by atoms with Crippen LogP contribution in [0.4, 0.5) is 0 Å². The van der Waals surface area contributed by atoms with Gasteiger partial charge in [-0.25, -0.2) is 0 Å². The quantitative estimate of drug-likeness (QED) is 0.365. The Labute approximate surface area is 58.5 Å². The van der Waals surface area contributed by atoms with E-state index in [2.05, 4.69) is 6.08 Å². The van der Waals surface area contributed by atoms with Crippen LogP contribution in [0, 0.1) is 11.8 Å². The van der Waals surface area contributed by atoms with E-state index in [1.807, 2.05) is 6.08 Å². The molecule has 0 heterocycles. The highest BCUT2D eigenvalue weighted by Crippen LogP contribution is 2.53. The number of rotatable bonds is 0. The molecule has 4 unspecified atom stereocenters. The largest absolute Gasteiger partial charge is 0.122 e. The number of hydrogen-bond donors (Lipinski definition) is 0. The maximum atomic E-state index is 5.83. The summed E-state index contributed by atoms with van der Waals surface area (Å²) in [4.78, 5) is 0. The molecule has 2 rings (SSSR count). The molecule has 2 aliphatic carbocycles. The Morgan fingerprint density at radius 2 is 1.88 bits per heavy atom. The lowest BCUT2D eigenvalue weighted by Crippen LogP contribution is -1.95. The Morgan fingerprint density at radius 1 is 1.12 bits per heavy atom. The molecule has 0 bridgehead atoms. The third kappa shape index (κ3) is 0.479. The Hall–Kier alpha value is 0.320. The van der Waals surface area contributed by atoms with Gasteiger partial charge >= 0.3 is 0 Å². The smallest absolute Gasteiger partial charge is 0.0564 e. The molecule has 0 amide bonds. The maximum Gasteiger partial charge on any atom is 0.0564 e. The van der Waals surface area contributed by atoms with Gasteiger partial charge in [0.2, 0.25) is 0 Å². The number of alkyl halides is 2. The van der Waals surface area contributed by atoms with Gasteiger partial charge in [-0.1, -0.05) is 12.2 Å². The molecule has 0 aromatic rings. The molecule has 0 aromatic heterocycles. The van der Waals surface area contributed by atoms with Gasteiger partial charge in [0.15, 0.2) is 0 Å². The highest BCUT2D eigenvalue weighted by atomic mass is 35.5. The van der Waals surface area contributed by atoms with Crippen LogP contribution in [0.1, 0.15) is 0 Å². The van der Waals surface area contributed by atoms with Crippen LogP contribution >= 0.6 is 23.2 Å². The van der Waals surface area contributed by atoms with Crippen molar-refractivity contribution in [2.45, 2.75) is 10.8 Å². The van der Waals surface area contributed by atoms with Crippen molar-refractivity contribution in [2.24, 2.45) is 11.8 Å². The molecule has 0 saturated heterocycles. The van der Waals surface area contributed by atoms with Crippen LogP contribution in [0.25, 0.3) is 0 Å². The Bertz CT molecular complexity index is 139. The molecule has 0 N–H and O–H groups in total. The summed E-state index contributed by atoms with van der Waals surface area (Å²) in [6.07, 6.45) is 4.16. The molecule has 0 radical (unpaired) electrons. The molecule has 44 valence electrons. The first-order valence-corrected chi connectivity index (χ1v) is 3.64. The molecule has 0 aliphatic heterocycles. The summed E-state index contributed by atoms with van der Waals surface area (Å²) in [5.74, 6) is 1.18. The highest BCUT2D eigenvalue weighted by Gasteiger charge is 2.53. The molecule has 4 atom stereocenters. The summed E-state index contributed by atoms with van der Waals surface area (Å²) in [6, 6.07) is 0. The van der Waals surface area contributed by atoms with Crippen LogP contribution in [0.3, 0.4) is 0 Å². The summed E-state index contributed by atoms with van der Waals surface area (Å²) < 4.78 is 0. The Kier molecular flexibility index (Phi) is 0.915. The highest BCUT2D eigenvalue weighted by molar-refractivity contribution is 6.27. The second-order valence-corrected chi connectivity index (χ2v) is 3.44. The summed E-state index contributed by atoms with van der Waals surface area (Å²) >= 11 is 11.6. The normalized spacial score (nSPS) is 58.8. The van der Waals surface area contributed by atoms with E-state index in [4.69, 9.17) is 23.2 Å². The zero-order valence-electron chi connectivity index (χ0n) is 4.22. The van der Waals surface area contributed by atoms with Crippen molar-refractivity contribution in [2.75, 3.05) is 0 Å². The van der Waals surface area contributed by atoms with E-state index in [0.717, 1.165) is 0 Å². The van der Waals surface area contributed by atoms with Crippen molar-refractivity contribution >= 4 is 23.2 Å². The van der Waals surface area contributed by atoms with Crippen LogP contribution < -0.4 is 0 Å². The van der Waals surface area contributed by atoms with E-state index in [1.165, 1.54) is 0 Å². The van der Waals surface area contributed by atoms with E-state index in [1.54, 1.807) is 0 Å². The van der Waals surface area contributed by atoms with E-state index in [9.17, 15) is 0 Å². The molecule has 2 heteroatoms. The summed E-state index contributed by atoms with van der Waals surface area (Å²) in [6.45, 7) is 0. The SMILES string of the molecule is ClC1C=CC2C(Cl)C12. The minimum absolute atomic E-state index is 0.225. The van der Waals surface area contributed by atoms with Gasteiger partial charge in [-0.15, -0.1) is 23.2 Å². The van der Waals surface area contributed by atoms with Crippen LogP contribution in [0.2, 0.25) is 0 Å². The van der Waals surface area contributed by atoms with Gasteiger partial charge in [0.25, 0.3) is 0 Å². The van der Waals surface area contributed by atoms with Crippen molar-refractivity contribution in [1.82, 2.24) is 0 Å². The van der Waals surface area contributed by atoms with E-state index < -0.39 is 0 Å². The number of fused-ring (bicyclic) bond motifs is 1. The second-order valence-electron chi connectivity index (χ2n) is 2.43. The number of allylic oxidation sites excluding steroid dienone is 2. The summed E-state index contributed by atoms with van der Waals surface area (Å²) in [7, 11) is 0. The van der Waals surface area contributed by atoms with E-state index >= 15 is 0 Å². The monoisotopic (exact) mass is 148 g/mol. The first-order chi connectivity index (χ1) is 3.80. The minimum atomic E-state index is 0.225. The van der Waals surface area contributed by atoms with Gasteiger partial charge in [0.05, 0.1) is 5.38 Å². The first-order valence-electron chi connectivity index (χ1n) is 2.77. The van der Waals surface area contributed by atoms with Crippen LogP contribution in [-0.4, -0.2) is 10.8 Å². The molecule has 1 fully saturated rings. The van der Waals surface area contributed by atoms with Gasteiger partial charge < -0.3 is 0 Å². The molecule has 0 aromatic carbocycles. The molecule has 2 aliphatic rings. The van der Waals surface area contributed by atoms with Gasteiger partial charge in [-0.2, -0.15) is 0 Å². The topological polar surface area (TPSA) is 0 Å². The Morgan fingerprint density at radius 3 is 2.12 bits per heavy atom. The predicted molar refractivity (Wildman–Crippen MR) is 35.4 cm³/mol. The zero-order chi connectivity index (χ0) is 5.72. The average molecular weight is 149 g/mol. The zero-order valence-corrected chi connectivity index (χ0v) is 5.73. The molecule has 8 heavy (non-hydrogen) atoms. The van der Waals surface area contributed by atoms with Gasteiger partial charge in [-0.3, -0.25) is 0 Å². The lowest BCUT2D eigenvalue weighted by Gasteiger charge is -1.93. The van der Waals surface area contributed by atoms with Crippen LogP contribution in [0.15, 0.2) is 12.2 Å². The van der Waals surface area contributed by atoms with Crippen molar-refractivity contribution in [1.29, 1.82) is 0 Å². The summed E-state index contributed by atoms with van der Waals surface area (Å²) in [5.41, 5.74) is 0. The standard InChI is InChI=1S/C6H6Cl2/c7-4-2-1-3-5(4)6(3)8/h1-6H. The van der Waals surface area contributed by atoms with E-state index in [-0.39, 0.29) is 5.38 Å². The molecule has 1 saturated carbocycles.